The first kappa shape index (κ1) is 20.4. The molecule has 1 aromatic heterocycles. The highest BCUT2D eigenvalue weighted by molar-refractivity contribution is 6.46. The molecule has 0 spiro atoms. The molecule has 1 amide bonds. The molecule has 26 heavy (non-hydrogen) atoms. The molecular formula is C15H12Cl4N4O3. The standard InChI is InChI=1S/C15H12Cl4N4O3/c1-25-7-4-3-6(8(16)13(7)26-2)5-21-23-15(24)12-9(17)11(20)10(18)14(19)22-12/h3-5H,1-2H3,(H2,20,22)(H,23,24)/b21-5+. The number of methoxy groups -OCH3 is 2. The maximum atomic E-state index is 12.2. The third-order valence-electron chi connectivity index (χ3n) is 3.17. The third kappa shape index (κ3) is 4.07. The van der Waals surface area contributed by atoms with Gasteiger partial charge in [0.2, 0.25) is 0 Å². The number of benzene rings is 1. The quantitative estimate of drug-likeness (QED) is 0.417. The van der Waals surface area contributed by atoms with Crippen molar-refractivity contribution in [2.75, 3.05) is 20.0 Å². The second kappa shape index (κ2) is 8.64. The molecule has 0 atom stereocenters. The predicted molar refractivity (Wildman–Crippen MR) is 103 cm³/mol. The summed E-state index contributed by atoms with van der Waals surface area (Å²) in [6.07, 6.45) is 1.32. The number of halogens is 4. The van der Waals surface area contributed by atoms with Gasteiger partial charge in [0.25, 0.3) is 5.91 Å². The Morgan fingerprint density at radius 2 is 1.85 bits per heavy atom. The average Bonchev–Trinajstić information content (AvgIpc) is 2.63. The Morgan fingerprint density at radius 1 is 1.15 bits per heavy atom. The number of nitrogens with two attached hydrogens (primary N) is 1. The smallest absolute Gasteiger partial charge is 0.291 e. The number of carbonyl (C=O) groups is 1. The van der Waals surface area contributed by atoms with Crippen molar-refractivity contribution in [1.29, 1.82) is 0 Å². The van der Waals surface area contributed by atoms with Gasteiger partial charge in [-0.3, -0.25) is 4.79 Å². The highest BCUT2D eigenvalue weighted by Gasteiger charge is 2.19. The highest BCUT2D eigenvalue weighted by Crippen LogP contribution is 2.36. The summed E-state index contributed by atoms with van der Waals surface area (Å²) in [5.41, 5.74) is 8.14. The van der Waals surface area contributed by atoms with Gasteiger partial charge in [-0.1, -0.05) is 46.4 Å². The molecule has 0 saturated heterocycles. The zero-order valence-corrected chi connectivity index (χ0v) is 16.5. The van der Waals surface area contributed by atoms with Crippen molar-refractivity contribution in [3.05, 3.63) is 43.6 Å². The topological polar surface area (TPSA) is 98.8 Å². The first-order valence-electron chi connectivity index (χ1n) is 6.85. The van der Waals surface area contributed by atoms with Crippen molar-refractivity contribution < 1.29 is 14.3 Å². The molecule has 0 saturated carbocycles. The summed E-state index contributed by atoms with van der Waals surface area (Å²) in [4.78, 5) is 16.0. The molecule has 0 aliphatic carbocycles. The number of pyridine rings is 1. The summed E-state index contributed by atoms with van der Waals surface area (Å²) >= 11 is 23.8. The van der Waals surface area contributed by atoms with Crippen LogP contribution in [0.25, 0.3) is 0 Å². The Morgan fingerprint density at radius 3 is 2.46 bits per heavy atom. The monoisotopic (exact) mass is 436 g/mol. The fourth-order valence-electron chi connectivity index (χ4n) is 1.90. The zero-order valence-electron chi connectivity index (χ0n) is 13.4. The van der Waals surface area contributed by atoms with Crippen LogP contribution in [0.15, 0.2) is 17.2 Å². The third-order valence-corrected chi connectivity index (χ3v) is 4.70. The Balaban J connectivity index is 2.23. The van der Waals surface area contributed by atoms with Gasteiger partial charge >= 0.3 is 0 Å². The van der Waals surface area contributed by atoms with Crippen molar-refractivity contribution in [3.8, 4) is 11.5 Å². The van der Waals surface area contributed by atoms with Crippen molar-refractivity contribution in [2.45, 2.75) is 0 Å². The number of nitrogens with zero attached hydrogens (tertiary/aromatic N) is 2. The molecule has 0 bridgehead atoms. The van der Waals surface area contributed by atoms with E-state index in [1.165, 1.54) is 20.4 Å². The van der Waals surface area contributed by atoms with Gasteiger partial charge in [0.15, 0.2) is 22.3 Å². The van der Waals surface area contributed by atoms with E-state index < -0.39 is 5.91 Å². The first-order valence-corrected chi connectivity index (χ1v) is 8.36. The minimum Gasteiger partial charge on any atom is -0.493 e. The highest BCUT2D eigenvalue weighted by atomic mass is 35.5. The lowest BCUT2D eigenvalue weighted by Gasteiger charge is -2.10. The van der Waals surface area contributed by atoms with Crippen LogP contribution in [-0.2, 0) is 0 Å². The average molecular weight is 438 g/mol. The molecule has 1 aromatic carbocycles. The number of rotatable bonds is 5. The first-order chi connectivity index (χ1) is 12.3. The van der Waals surface area contributed by atoms with Gasteiger partial charge in [-0.05, 0) is 12.1 Å². The van der Waals surface area contributed by atoms with Crippen LogP contribution in [0.1, 0.15) is 16.1 Å². The molecule has 0 radical (unpaired) electrons. The lowest BCUT2D eigenvalue weighted by atomic mass is 10.2. The van der Waals surface area contributed by atoms with Crippen molar-refractivity contribution >= 4 is 64.2 Å². The Bertz CT molecular complexity index is 890. The SMILES string of the molecule is COc1ccc(/C=N/NC(=O)c2nc(Cl)c(Cl)c(N)c2Cl)c(Cl)c1OC. The van der Waals surface area contributed by atoms with E-state index in [1.54, 1.807) is 12.1 Å². The van der Waals surface area contributed by atoms with Gasteiger partial charge in [-0.15, -0.1) is 0 Å². The van der Waals surface area contributed by atoms with Gasteiger partial charge in [-0.25, -0.2) is 10.4 Å². The van der Waals surface area contributed by atoms with Crippen LogP contribution in [-0.4, -0.2) is 31.3 Å². The largest absolute Gasteiger partial charge is 0.493 e. The normalized spacial score (nSPS) is 10.8. The van der Waals surface area contributed by atoms with E-state index in [2.05, 4.69) is 15.5 Å². The van der Waals surface area contributed by atoms with Gasteiger partial charge < -0.3 is 15.2 Å². The number of amides is 1. The van der Waals surface area contributed by atoms with Crippen molar-refractivity contribution in [3.63, 3.8) is 0 Å². The van der Waals surface area contributed by atoms with Crippen LogP contribution >= 0.6 is 46.4 Å². The van der Waals surface area contributed by atoms with Crippen LogP contribution in [0.4, 0.5) is 5.69 Å². The Kier molecular flexibility index (Phi) is 6.77. The van der Waals surface area contributed by atoms with Gasteiger partial charge in [0.1, 0.15) is 5.02 Å². The number of ether oxygens (including phenoxy) is 2. The van der Waals surface area contributed by atoms with E-state index in [4.69, 9.17) is 61.6 Å². The Labute approximate surface area is 169 Å². The van der Waals surface area contributed by atoms with E-state index in [0.717, 1.165) is 0 Å². The molecule has 0 unspecified atom stereocenters. The van der Waals surface area contributed by atoms with Gasteiger partial charge in [0.05, 0.1) is 36.2 Å². The summed E-state index contributed by atoms with van der Waals surface area (Å²) in [6.45, 7) is 0. The number of hydrogen-bond acceptors (Lipinski definition) is 6. The molecule has 7 nitrogen and oxygen atoms in total. The minimum atomic E-state index is -0.729. The molecule has 2 aromatic rings. The molecule has 1 heterocycles. The number of nitrogens with one attached hydrogen (secondary N) is 1. The number of carbonyl (C=O) groups excluding carboxylic acids is 1. The molecule has 0 aliphatic heterocycles. The maximum absolute atomic E-state index is 12.2. The zero-order chi connectivity index (χ0) is 19.4. The lowest BCUT2D eigenvalue weighted by molar-refractivity contribution is 0.0950. The summed E-state index contributed by atoms with van der Waals surface area (Å²) in [6, 6.07) is 3.29. The molecule has 2 rings (SSSR count). The van der Waals surface area contributed by atoms with E-state index in [1.807, 2.05) is 0 Å². The molecule has 0 aliphatic rings. The molecule has 0 fully saturated rings. The second-order valence-corrected chi connectivity index (χ2v) is 6.19. The summed E-state index contributed by atoms with van der Waals surface area (Å²) in [5, 5.41) is 3.77. The molecular weight excluding hydrogens is 426 g/mol. The predicted octanol–water partition coefficient (Wildman–Crippen LogP) is 4.06. The number of hydrogen-bond donors (Lipinski definition) is 2. The fourth-order valence-corrected chi connectivity index (χ4v) is 2.78. The van der Waals surface area contributed by atoms with Crippen LogP contribution in [0.5, 0.6) is 11.5 Å². The van der Waals surface area contributed by atoms with E-state index in [9.17, 15) is 4.79 Å². The number of anilines is 1. The van der Waals surface area contributed by atoms with Crippen LogP contribution < -0.4 is 20.6 Å². The number of aromatic nitrogens is 1. The molecule has 138 valence electrons. The van der Waals surface area contributed by atoms with E-state index >= 15 is 0 Å². The number of nitrogen functional groups attached to an aromatic ring is 1. The van der Waals surface area contributed by atoms with Crippen molar-refractivity contribution in [1.82, 2.24) is 10.4 Å². The summed E-state index contributed by atoms with van der Waals surface area (Å²) in [7, 11) is 2.94. The second-order valence-electron chi connectivity index (χ2n) is 4.70. The fraction of sp³-hybridized carbons (Fsp3) is 0.133. The van der Waals surface area contributed by atoms with Crippen LogP contribution in [0.2, 0.25) is 20.2 Å². The summed E-state index contributed by atoms with van der Waals surface area (Å²) in [5.74, 6) is 0.0699. The number of hydrazone groups is 1. The Hall–Kier alpha value is -1.93. The van der Waals surface area contributed by atoms with Gasteiger partial charge in [0, 0.05) is 5.56 Å². The van der Waals surface area contributed by atoms with Crippen molar-refractivity contribution in [2.24, 2.45) is 5.10 Å². The maximum Gasteiger partial charge on any atom is 0.291 e. The van der Waals surface area contributed by atoms with E-state index in [0.29, 0.717) is 17.1 Å². The lowest BCUT2D eigenvalue weighted by Crippen LogP contribution is -2.20. The van der Waals surface area contributed by atoms with Crippen LogP contribution in [0.3, 0.4) is 0 Å². The summed E-state index contributed by atoms with van der Waals surface area (Å²) < 4.78 is 10.3. The van der Waals surface area contributed by atoms with E-state index in [-0.39, 0.29) is 31.6 Å². The molecule has 11 heteroatoms. The molecule has 3 N–H and O–H groups in total. The minimum absolute atomic E-state index is 0.0335. The van der Waals surface area contributed by atoms with Crippen LogP contribution in [0, 0.1) is 0 Å². The van der Waals surface area contributed by atoms with Gasteiger partial charge in [-0.2, -0.15) is 5.10 Å².